The first-order valence-corrected chi connectivity index (χ1v) is 4.33. The van der Waals surface area contributed by atoms with E-state index in [1.807, 2.05) is 6.08 Å². The average Bonchev–Trinajstić information content (AvgIpc) is 2.52. The van der Waals surface area contributed by atoms with Crippen LogP contribution in [0.4, 0.5) is 0 Å². The van der Waals surface area contributed by atoms with Crippen LogP contribution in [0.1, 0.15) is 25.7 Å². The van der Waals surface area contributed by atoms with Crippen LogP contribution in [0.5, 0.6) is 0 Å². The van der Waals surface area contributed by atoms with Crippen molar-refractivity contribution in [1.82, 2.24) is 0 Å². The minimum absolute atomic E-state index is 0.308. The Balaban J connectivity index is 2.17. The van der Waals surface area contributed by atoms with Gasteiger partial charge in [-0.3, -0.25) is 4.79 Å². The Labute approximate surface area is 65.8 Å². The van der Waals surface area contributed by atoms with Gasteiger partial charge in [-0.1, -0.05) is 5.57 Å². The monoisotopic (exact) mass is 146 g/mol. The zero-order valence-corrected chi connectivity index (χ0v) is 6.39. The molecular weight excluding hydrogens is 136 g/mol. The van der Waals surface area contributed by atoms with Crippen molar-refractivity contribution in [3.8, 4) is 0 Å². The summed E-state index contributed by atoms with van der Waals surface area (Å²) in [5.41, 5.74) is 4.41. The number of allylic oxidation sites excluding steroid dienone is 4. The van der Waals surface area contributed by atoms with Gasteiger partial charge in [0, 0.05) is 5.92 Å². The standard InChI is InChI=1S/C10H10O/c11-10-5-6-4-9(10)8-3-1-2-7(6)8/h5,9H,1-4H2. The van der Waals surface area contributed by atoms with E-state index in [9.17, 15) is 4.79 Å². The lowest BCUT2D eigenvalue weighted by Crippen LogP contribution is -2.07. The summed E-state index contributed by atoms with van der Waals surface area (Å²) < 4.78 is 0. The molecule has 2 bridgehead atoms. The van der Waals surface area contributed by atoms with Crippen molar-refractivity contribution in [3.63, 3.8) is 0 Å². The topological polar surface area (TPSA) is 17.1 Å². The maximum absolute atomic E-state index is 11.3. The van der Waals surface area contributed by atoms with E-state index < -0.39 is 0 Å². The molecule has 1 heteroatoms. The highest BCUT2D eigenvalue weighted by molar-refractivity contribution is 6.00. The summed E-state index contributed by atoms with van der Waals surface area (Å²) in [5, 5.41) is 0. The van der Waals surface area contributed by atoms with Crippen molar-refractivity contribution in [2.45, 2.75) is 25.7 Å². The summed E-state index contributed by atoms with van der Waals surface area (Å²) in [5.74, 6) is 0.683. The lowest BCUT2D eigenvalue weighted by atomic mass is 9.97. The zero-order chi connectivity index (χ0) is 7.42. The molecule has 0 saturated carbocycles. The largest absolute Gasteiger partial charge is 0.294 e. The fraction of sp³-hybridized carbons (Fsp3) is 0.500. The SMILES string of the molecule is O=C1C=C2CC1C1=C2CCC1. The molecule has 0 N–H and O–H groups in total. The molecule has 0 fully saturated rings. The summed E-state index contributed by atoms with van der Waals surface area (Å²) in [6, 6.07) is 0. The van der Waals surface area contributed by atoms with Crippen LogP contribution in [0.15, 0.2) is 22.8 Å². The molecule has 0 saturated heterocycles. The highest BCUT2D eigenvalue weighted by Crippen LogP contribution is 2.49. The first-order chi connectivity index (χ1) is 5.36. The Morgan fingerprint density at radius 3 is 3.18 bits per heavy atom. The first kappa shape index (κ1) is 5.76. The number of hydrogen-bond donors (Lipinski definition) is 0. The highest BCUT2D eigenvalue weighted by Gasteiger charge is 2.39. The third-order valence-electron chi connectivity index (χ3n) is 3.15. The first-order valence-electron chi connectivity index (χ1n) is 4.33. The van der Waals surface area contributed by atoms with Gasteiger partial charge < -0.3 is 0 Å². The Bertz CT molecular complexity index is 307. The van der Waals surface area contributed by atoms with E-state index in [4.69, 9.17) is 0 Å². The zero-order valence-electron chi connectivity index (χ0n) is 6.39. The lowest BCUT2D eigenvalue weighted by Gasteiger charge is -2.06. The van der Waals surface area contributed by atoms with Crippen LogP contribution in [-0.2, 0) is 4.79 Å². The maximum atomic E-state index is 11.3. The second-order valence-corrected chi connectivity index (χ2v) is 3.69. The molecule has 1 atom stereocenters. The maximum Gasteiger partial charge on any atom is 0.163 e. The van der Waals surface area contributed by atoms with E-state index in [0.717, 1.165) is 6.42 Å². The van der Waals surface area contributed by atoms with Crippen molar-refractivity contribution < 1.29 is 4.79 Å². The number of rotatable bonds is 0. The molecule has 0 aromatic rings. The minimum atomic E-state index is 0.308. The summed E-state index contributed by atoms with van der Waals surface area (Å²) >= 11 is 0. The Hall–Kier alpha value is -0.850. The van der Waals surface area contributed by atoms with Gasteiger partial charge in [-0.15, -0.1) is 0 Å². The molecule has 1 unspecified atom stereocenters. The second-order valence-electron chi connectivity index (χ2n) is 3.69. The average molecular weight is 146 g/mol. The second kappa shape index (κ2) is 1.66. The molecule has 0 aromatic carbocycles. The number of fused-ring (bicyclic) bond motifs is 4. The number of carbonyl (C=O) groups is 1. The van der Waals surface area contributed by atoms with Gasteiger partial charge in [-0.2, -0.15) is 0 Å². The molecule has 3 aliphatic carbocycles. The van der Waals surface area contributed by atoms with Gasteiger partial charge in [0.1, 0.15) is 0 Å². The molecule has 0 radical (unpaired) electrons. The quantitative estimate of drug-likeness (QED) is 0.510. The van der Waals surface area contributed by atoms with Gasteiger partial charge in [-0.05, 0) is 42.9 Å². The summed E-state index contributed by atoms with van der Waals surface area (Å²) in [6.07, 6.45) is 6.64. The van der Waals surface area contributed by atoms with Gasteiger partial charge in [0.2, 0.25) is 0 Å². The van der Waals surface area contributed by atoms with Crippen molar-refractivity contribution in [3.05, 3.63) is 22.8 Å². The van der Waals surface area contributed by atoms with Crippen molar-refractivity contribution in [2.75, 3.05) is 0 Å². The van der Waals surface area contributed by atoms with Crippen LogP contribution < -0.4 is 0 Å². The van der Waals surface area contributed by atoms with Crippen molar-refractivity contribution in [1.29, 1.82) is 0 Å². The summed E-state index contributed by atoms with van der Waals surface area (Å²) in [6.45, 7) is 0. The van der Waals surface area contributed by atoms with Gasteiger partial charge in [0.05, 0.1) is 0 Å². The van der Waals surface area contributed by atoms with E-state index in [2.05, 4.69) is 0 Å². The fourth-order valence-electron chi connectivity index (χ4n) is 2.68. The van der Waals surface area contributed by atoms with Crippen molar-refractivity contribution >= 4 is 5.78 Å². The predicted octanol–water partition coefficient (Wildman–Crippen LogP) is 2.00. The van der Waals surface area contributed by atoms with Crippen molar-refractivity contribution in [2.24, 2.45) is 5.92 Å². The van der Waals surface area contributed by atoms with Crippen LogP contribution in [0, 0.1) is 5.92 Å². The van der Waals surface area contributed by atoms with Gasteiger partial charge >= 0.3 is 0 Å². The summed E-state index contributed by atoms with van der Waals surface area (Å²) in [4.78, 5) is 11.3. The molecule has 0 heterocycles. The Morgan fingerprint density at radius 1 is 1.36 bits per heavy atom. The van der Waals surface area contributed by atoms with Crippen LogP contribution in [-0.4, -0.2) is 5.78 Å². The molecule has 11 heavy (non-hydrogen) atoms. The normalized spacial score (nSPS) is 33.3. The molecule has 0 amide bonds. The van der Waals surface area contributed by atoms with E-state index in [-0.39, 0.29) is 0 Å². The number of hydrogen-bond acceptors (Lipinski definition) is 1. The van der Waals surface area contributed by atoms with Crippen LogP contribution in [0.2, 0.25) is 0 Å². The Kier molecular flexibility index (Phi) is 0.867. The lowest BCUT2D eigenvalue weighted by molar-refractivity contribution is -0.116. The van der Waals surface area contributed by atoms with Crippen LogP contribution in [0.3, 0.4) is 0 Å². The fourth-order valence-corrected chi connectivity index (χ4v) is 2.68. The van der Waals surface area contributed by atoms with E-state index in [0.29, 0.717) is 11.7 Å². The number of ketones is 1. The smallest absolute Gasteiger partial charge is 0.163 e. The molecule has 0 aromatic heterocycles. The molecule has 1 nitrogen and oxygen atoms in total. The van der Waals surface area contributed by atoms with Gasteiger partial charge in [0.15, 0.2) is 5.78 Å². The van der Waals surface area contributed by atoms with Gasteiger partial charge in [-0.25, -0.2) is 0 Å². The molecule has 3 aliphatic rings. The van der Waals surface area contributed by atoms with Gasteiger partial charge in [0.25, 0.3) is 0 Å². The van der Waals surface area contributed by atoms with E-state index >= 15 is 0 Å². The molecule has 56 valence electrons. The molecule has 0 aliphatic heterocycles. The minimum Gasteiger partial charge on any atom is -0.294 e. The number of carbonyl (C=O) groups excluding carboxylic acids is 1. The molecule has 0 spiro atoms. The highest BCUT2D eigenvalue weighted by atomic mass is 16.1. The van der Waals surface area contributed by atoms with E-state index in [1.165, 1.54) is 30.4 Å². The molecular formula is C10H10O. The third-order valence-corrected chi connectivity index (χ3v) is 3.15. The Morgan fingerprint density at radius 2 is 2.27 bits per heavy atom. The van der Waals surface area contributed by atoms with Crippen LogP contribution in [0.25, 0.3) is 0 Å². The third kappa shape index (κ3) is 0.550. The van der Waals surface area contributed by atoms with Crippen LogP contribution >= 0.6 is 0 Å². The summed E-state index contributed by atoms with van der Waals surface area (Å²) in [7, 11) is 0. The predicted molar refractivity (Wildman–Crippen MR) is 42.1 cm³/mol. The molecule has 3 rings (SSSR count). The van der Waals surface area contributed by atoms with E-state index in [1.54, 1.807) is 5.57 Å².